The molecule has 0 spiro atoms. The summed E-state index contributed by atoms with van der Waals surface area (Å²) in [5.74, 6) is -1.16. The maximum Gasteiger partial charge on any atom is 0.136 e. The fraction of sp³-hybridized carbons (Fsp3) is 0.0909. The van der Waals surface area contributed by atoms with Crippen molar-refractivity contribution in [3.8, 4) is 11.3 Å². The Morgan fingerprint density at radius 1 is 1.13 bits per heavy atom. The van der Waals surface area contributed by atoms with Crippen LogP contribution >= 0.6 is 15.9 Å². The highest BCUT2D eigenvalue weighted by atomic mass is 79.9. The van der Waals surface area contributed by atoms with E-state index in [1.807, 2.05) is 6.92 Å². The molecule has 0 fully saturated rings. The zero-order valence-corrected chi connectivity index (χ0v) is 9.53. The Morgan fingerprint density at radius 3 is 2.20 bits per heavy atom. The number of halogens is 3. The van der Waals surface area contributed by atoms with E-state index in [4.69, 9.17) is 0 Å². The molecule has 0 aliphatic carbocycles. The van der Waals surface area contributed by atoms with Crippen LogP contribution in [0.5, 0.6) is 0 Å². The SMILES string of the molecule is Cc1c[nH]c(-c2c(F)cc(Br)cc2F)c1. The highest BCUT2D eigenvalue weighted by Gasteiger charge is 2.13. The molecule has 2 aromatic rings. The first kappa shape index (κ1) is 10.4. The lowest BCUT2D eigenvalue weighted by Crippen LogP contribution is -1.90. The van der Waals surface area contributed by atoms with Crippen LogP contribution < -0.4 is 0 Å². The van der Waals surface area contributed by atoms with Crippen molar-refractivity contribution in [1.82, 2.24) is 4.98 Å². The summed E-state index contributed by atoms with van der Waals surface area (Å²) in [5, 5.41) is 0. The smallest absolute Gasteiger partial charge is 0.136 e. The second-order valence-corrected chi connectivity index (χ2v) is 4.25. The van der Waals surface area contributed by atoms with E-state index in [2.05, 4.69) is 20.9 Å². The fourth-order valence-corrected chi connectivity index (χ4v) is 1.85. The van der Waals surface area contributed by atoms with Crippen LogP contribution in [0.1, 0.15) is 5.56 Å². The summed E-state index contributed by atoms with van der Waals surface area (Å²) in [7, 11) is 0. The van der Waals surface area contributed by atoms with Crippen LogP contribution in [0.25, 0.3) is 11.3 Å². The summed E-state index contributed by atoms with van der Waals surface area (Å²) in [6.07, 6.45) is 1.70. The van der Waals surface area contributed by atoms with E-state index >= 15 is 0 Å². The molecule has 0 unspecified atom stereocenters. The number of aromatic amines is 1. The van der Waals surface area contributed by atoms with E-state index in [-0.39, 0.29) is 5.56 Å². The molecule has 0 bridgehead atoms. The summed E-state index contributed by atoms with van der Waals surface area (Å²) >= 11 is 3.03. The quantitative estimate of drug-likeness (QED) is 0.806. The molecule has 78 valence electrons. The Labute approximate surface area is 94.3 Å². The molecule has 0 amide bonds. The summed E-state index contributed by atoms with van der Waals surface area (Å²) < 4.78 is 27.4. The van der Waals surface area contributed by atoms with Crippen LogP contribution in [0, 0.1) is 18.6 Å². The van der Waals surface area contributed by atoms with Gasteiger partial charge in [-0.3, -0.25) is 0 Å². The maximum atomic E-state index is 13.5. The Hall–Kier alpha value is -1.16. The Balaban J connectivity index is 2.62. The maximum absolute atomic E-state index is 13.5. The third kappa shape index (κ3) is 1.95. The molecule has 0 saturated carbocycles. The minimum absolute atomic E-state index is 0.0219. The lowest BCUT2D eigenvalue weighted by molar-refractivity contribution is 0.587. The molecule has 1 aromatic heterocycles. The standard InChI is InChI=1S/C11H8BrF2N/c1-6-2-10(15-5-6)11-8(13)3-7(12)4-9(11)14/h2-5,15H,1H3. The van der Waals surface area contributed by atoms with Gasteiger partial charge < -0.3 is 4.98 Å². The van der Waals surface area contributed by atoms with Crippen molar-refractivity contribution in [3.63, 3.8) is 0 Å². The molecule has 0 aliphatic heterocycles. The van der Waals surface area contributed by atoms with Gasteiger partial charge in [-0.2, -0.15) is 0 Å². The molecule has 4 heteroatoms. The van der Waals surface area contributed by atoms with Crippen LogP contribution in [-0.4, -0.2) is 4.98 Å². The monoisotopic (exact) mass is 271 g/mol. The number of hydrogen-bond donors (Lipinski definition) is 1. The van der Waals surface area contributed by atoms with Crippen molar-refractivity contribution in [2.75, 3.05) is 0 Å². The molecular formula is C11H8BrF2N. The number of aryl methyl sites for hydroxylation is 1. The van der Waals surface area contributed by atoms with Gasteiger partial charge >= 0.3 is 0 Å². The van der Waals surface area contributed by atoms with Crippen molar-refractivity contribution in [2.24, 2.45) is 0 Å². The van der Waals surface area contributed by atoms with E-state index in [0.717, 1.165) is 5.56 Å². The molecule has 0 saturated heterocycles. The van der Waals surface area contributed by atoms with Gasteiger partial charge in [0.05, 0.1) is 11.3 Å². The highest BCUT2D eigenvalue weighted by molar-refractivity contribution is 9.10. The minimum atomic E-state index is -0.580. The number of H-pyrrole nitrogens is 1. The zero-order valence-electron chi connectivity index (χ0n) is 7.94. The summed E-state index contributed by atoms with van der Waals surface area (Å²) in [4.78, 5) is 2.83. The summed E-state index contributed by atoms with van der Waals surface area (Å²) in [6, 6.07) is 4.19. The van der Waals surface area contributed by atoms with Crippen molar-refractivity contribution in [2.45, 2.75) is 6.92 Å². The second kappa shape index (κ2) is 3.77. The minimum Gasteiger partial charge on any atom is -0.361 e. The molecule has 1 nitrogen and oxygen atoms in total. The first-order chi connectivity index (χ1) is 7.08. The van der Waals surface area contributed by atoms with E-state index in [1.165, 1.54) is 12.1 Å². The first-order valence-electron chi connectivity index (χ1n) is 4.38. The number of aromatic nitrogens is 1. The summed E-state index contributed by atoms with van der Waals surface area (Å²) in [5.41, 5.74) is 1.37. The molecule has 15 heavy (non-hydrogen) atoms. The lowest BCUT2D eigenvalue weighted by Gasteiger charge is -2.03. The molecule has 1 heterocycles. The van der Waals surface area contributed by atoms with Gasteiger partial charge in [0.25, 0.3) is 0 Å². The third-order valence-corrected chi connectivity index (χ3v) is 2.56. The van der Waals surface area contributed by atoms with E-state index in [0.29, 0.717) is 10.2 Å². The van der Waals surface area contributed by atoms with E-state index in [9.17, 15) is 8.78 Å². The Kier molecular flexibility index (Phi) is 2.61. The van der Waals surface area contributed by atoms with Crippen molar-refractivity contribution in [3.05, 3.63) is 46.1 Å². The van der Waals surface area contributed by atoms with Crippen LogP contribution in [0.15, 0.2) is 28.9 Å². The average molecular weight is 272 g/mol. The Morgan fingerprint density at radius 2 is 1.73 bits per heavy atom. The number of benzene rings is 1. The third-order valence-electron chi connectivity index (χ3n) is 2.10. The fourth-order valence-electron chi connectivity index (χ4n) is 1.45. The molecule has 2 rings (SSSR count). The predicted octanol–water partition coefficient (Wildman–Crippen LogP) is 4.03. The largest absolute Gasteiger partial charge is 0.361 e. The van der Waals surface area contributed by atoms with Crippen LogP contribution in [-0.2, 0) is 0 Å². The predicted molar refractivity (Wildman–Crippen MR) is 58.6 cm³/mol. The van der Waals surface area contributed by atoms with Gasteiger partial charge in [0.15, 0.2) is 0 Å². The van der Waals surface area contributed by atoms with Crippen LogP contribution in [0.4, 0.5) is 8.78 Å². The van der Waals surface area contributed by atoms with Crippen molar-refractivity contribution in [1.29, 1.82) is 0 Å². The molecule has 0 radical (unpaired) electrons. The number of hydrogen-bond acceptors (Lipinski definition) is 0. The average Bonchev–Trinajstić information content (AvgIpc) is 2.49. The van der Waals surface area contributed by atoms with Crippen molar-refractivity contribution >= 4 is 15.9 Å². The molecule has 0 atom stereocenters. The van der Waals surface area contributed by atoms with Gasteiger partial charge in [0.1, 0.15) is 11.6 Å². The van der Waals surface area contributed by atoms with E-state index in [1.54, 1.807) is 12.3 Å². The number of rotatable bonds is 1. The highest BCUT2D eigenvalue weighted by Crippen LogP contribution is 2.28. The van der Waals surface area contributed by atoms with Gasteiger partial charge in [0.2, 0.25) is 0 Å². The number of nitrogens with one attached hydrogen (secondary N) is 1. The van der Waals surface area contributed by atoms with Gasteiger partial charge in [-0.15, -0.1) is 0 Å². The topological polar surface area (TPSA) is 15.8 Å². The van der Waals surface area contributed by atoms with Gasteiger partial charge in [-0.05, 0) is 30.7 Å². The van der Waals surface area contributed by atoms with Gasteiger partial charge in [-0.1, -0.05) is 15.9 Å². The first-order valence-corrected chi connectivity index (χ1v) is 5.17. The normalized spacial score (nSPS) is 10.7. The molecule has 1 aromatic carbocycles. The van der Waals surface area contributed by atoms with Gasteiger partial charge in [0, 0.05) is 10.7 Å². The Bertz CT molecular complexity index is 482. The molecule has 0 aliphatic rings. The lowest BCUT2D eigenvalue weighted by atomic mass is 10.1. The van der Waals surface area contributed by atoms with Crippen LogP contribution in [0.2, 0.25) is 0 Å². The van der Waals surface area contributed by atoms with Gasteiger partial charge in [-0.25, -0.2) is 8.78 Å². The van der Waals surface area contributed by atoms with Crippen molar-refractivity contribution < 1.29 is 8.78 Å². The summed E-state index contributed by atoms with van der Waals surface area (Å²) in [6.45, 7) is 1.86. The molecule has 1 N–H and O–H groups in total. The molecular weight excluding hydrogens is 264 g/mol. The zero-order chi connectivity index (χ0) is 11.0. The van der Waals surface area contributed by atoms with Crippen LogP contribution in [0.3, 0.4) is 0 Å². The van der Waals surface area contributed by atoms with E-state index < -0.39 is 11.6 Å². The second-order valence-electron chi connectivity index (χ2n) is 3.34.